The summed E-state index contributed by atoms with van der Waals surface area (Å²) in [5.74, 6) is 1.37. The second-order valence-corrected chi connectivity index (χ2v) is 7.63. The molecule has 0 N–H and O–H groups in total. The maximum atomic E-state index is 5.96. The maximum Gasteiger partial charge on any atom is 0.0524 e. The monoisotopic (exact) mass is 317 g/mol. The molecule has 3 heterocycles. The highest BCUT2D eigenvalue weighted by Crippen LogP contribution is 2.29. The second-order valence-electron chi connectivity index (χ2n) is 6.60. The summed E-state index contributed by atoms with van der Waals surface area (Å²) in [4.78, 5) is 3.97. The molecule has 1 aliphatic carbocycles. The third kappa shape index (κ3) is 3.59. The number of hydrogen-bond acceptors (Lipinski definition) is 4. The van der Waals surface area contributed by atoms with E-state index in [2.05, 4.69) is 38.3 Å². The Bertz CT molecular complexity index is 591. The van der Waals surface area contributed by atoms with Crippen LogP contribution in [0.3, 0.4) is 0 Å². The van der Waals surface area contributed by atoms with Crippen molar-refractivity contribution in [3.63, 3.8) is 0 Å². The van der Waals surface area contributed by atoms with Gasteiger partial charge in [0.15, 0.2) is 0 Å². The fraction of sp³-hybridized carbons (Fsp3) is 0.588. The molecule has 0 spiro atoms. The summed E-state index contributed by atoms with van der Waals surface area (Å²) in [6.45, 7) is 5.89. The quantitative estimate of drug-likeness (QED) is 0.820. The Morgan fingerprint density at radius 3 is 2.91 bits per heavy atom. The largest absolute Gasteiger partial charge is 0.381 e. The third-order valence-electron chi connectivity index (χ3n) is 4.50. The first-order valence-corrected chi connectivity index (χ1v) is 9.08. The number of thiophene rings is 1. The maximum absolute atomic E-state index is 5.96. The van der Waals surface area contributed by atoms with E-state index in [-0.39, 0.29) is 0 Å². The van der Waals surface area contributed by atoms with Crippen molar-refractivity contribution in [2.75, 3.05) is 19.8 Å². The smallest absolute Gasteiger partial charge is 0.0524 e. The van der Waals surface area contributed by atoms with Gasteiger partial charge in [-0.2, -0.15) is 5.10 Å². The molecule has 1 atom stereocenters. The third-order valence-corrected chi connectivity index (χ3v) is 5.36. The van der Waals surface area contributed by atoms with Gasteiger partial charge in [0.25, 0.3) is 0 Å². The highest BCUT2D eigenvalue weighted by molar-refractivity contribution is 7.09. The standard InChI is InChI=1S/C17H23N3OS/c1-2-17(22-7-1)11-19-8-15(13-21-12-14-3-4-14)9-20-16(10-19)5-6-18-20/h1-2,5-7,14-15H,3-4,8-13H2. The van der Waals surface area contributed by atoms with Crippen LogP contribution in [0.25, 0.3) is 0 Å². The molecule has 0 aromatic carbocycles. The van der Waals surface area contributed by atoms with Gasteiger partial charge in [-0.15, -0.1) is 11.3 Å². The summed E-state index contributed by atoms with van der Waals surface area (Å²) in [6.07, 6.45) is 4.64. The van der Waals surface area contributed by atoms with Crippen LogP contribution in [0.1, 0.15) is 23.4 Å². The normalized spacial score (nSPS) is 22.5. The number of ether oxygens (including phenoxy) is 1. The molecule has 1 aliphatic heterocycles. The predicted octanol–water partition coefficient (Wildman–Crippen LogP) is 3.00. The Hall–Kier alpha value is -1.17. The summed E-state index contributed by atoms with van der Waals surface area (Å²) < 4.78 is 8.13. The van der Waals surface area contributed by atoms with Gasteiger partial charge in [-0.3, -0.25) is 9.58 Å². The fourth-order valence-corrected chi connectivity index (χ4v) is 3.90. The van der Waals surface area contributed by atoms with Gasteiger partial charge >= 0.3 is 0 Å². The van der Waals surface area contributed by atoms with Crippen molar-refractivity contribution in [3.8, 4) is 0 Å². The first kappa shape index (κ1) is 14.4. The van der Waals surface area contributed by atoms with E-state index < -0.39 is 0 Å². The summed E-state index contributed by atoms with van der Waals surface area (Å²) in [7, 11) is 0. The molecule has 1 fully saturated rings. The summed E-state index contributed by atoms with van der Waals surface area (Å²) in [5, 5.41) is 6.65. The zero-order chi connectivity index (χ0) is 14.8. The molecular weight excluding hydrogens is 294 g/mol. The molecule has 22 heavy (non-hydrogen) atoms. The number of aromatic nitrogens is 2. The zero-order valence-corrected chi connectivity index (χ0v) is 13.7. The lowest BCUT2D eigenvalue weighted by atomic mass is 10.1. The fourth-order valence-electron chi connectivity index (χ4n) is 3.15. The van der Waals surface area contributed by atoms with E-state index in [4.69, 9.17) is 4.74 Å². The van der Waals surface area contributed by atoms with Crippen molar-refractivity contribution >= 4 is 11.3 Å². The van der Waals surface area contributed by atoms with Gasteiger partial charge in [-0.05, 0) is 36.3 Å². The van der Waals surface area contributed by atoms with Gasteiger partial charge in [0.2, 0.25) is 0 Å². The second kappa shape index (κ2) is 6.52. The Balaban J connectivity index is 1.42. The molecule has 2 aromatic rings. The SMILES string of the molecule is c1csc(CN2Cc3ccnn3CC(COCC3CC3)C2)c1. The minimum atomic E-state index is 0.528. The van der Waals surface area contributed by atoms with Gasteiger partial charge in [0.05, 0.1) is 12.3 Å². The van der Waals surface area contributed by atoms with Crippen molar-refractivity contribution in [1.29, 1.82) is 0 Å². The molecule has 2 aromatic heterocycles. The predicted molar refractivity (Wildman–Crippen MR) is 87.7 cm³/mol. The van der Waals surface area contributed by atoms with Crippen LogP contribution < -0.4 is 0 Å². The minimum absolute atomic E-state index is 0.528. The van der Waals surface area contributed by atoms with E-state index in [1.54, 1.807) is 0 Å². The van der Waals surface area contributed by atoms with Crippen molar-refractivity contribution < 1.29 is 4.74 Å². The average Bonchev–Trinajstić information content (AvgIpc) is 3.06. The molecule has 0 amide bonds. The van der Waals surface area contributed by atoms with E-state index in [0.717, 1.165) is 45.3 Å². The van der Waals surface area contributed by atoms with Gasteiger partial charge in [0.1, 0.15) is 0 Å². The molecule has 5 heteroatoms. The number of rotatable bonds is 6. The van der Waals surface area contributed by atoms with Gasteiger partial charge < -0.3 is 4.74 Å². The molecular formula is C17H23N3OS. The van der Waals surface area contributed by atoms with Gasteiger partial charge in [-0.25, -0.2) is 0 Å². The molecule has 1 saturated carbocycles. The van der Waals surface area contributed by atoms with Crippen molar-refractivity contribution in [1.82, 2.24) is 14.7 Å². The molecule has 1 unspecified atom stereocenters. The summed E-state index contributed by atoms with van der Waals surface area (Å²) >= 11 is 1.84. The first-order valence-electron chi connectivity index (χ1n) is 8.20. The van der Waals surface area contributed by atoms with Crippen molar-refractivity contribution in [2.45, 2.75) is 32.5 Å². The van der Waals surface area contributed by atoms with Crippen LogP contribution in [0.5, 0.6) is 0 Å². The van der Waals surface area contributed by atoms with Gasteiger partial charge in [0, 0.05) is 49.8 Å². The van der Waals surface area contributed by atoms with E-state index in [1.807, 2.05) is 17.5 Å². The van der Waals surface area contributed by atoms with E-state index >= 15 is 0 Å². The molecule has 2 aliphatic rings. The van der Waals surface area contributed by atoms with Crippen LogP contribution in [0, 0.1) is 11.8 Å². The average molecular weight is 317 g/mol. The van der Waals surface area contributed by atoms with E-state index in [9.17, 15) is 0 Å². The number of hydrogen-bond donors (Lipinski definition) is 0. The van der Waals surface area contributed by atoms with E-state index in [1.165, 1.54) is 23.4 Å². The Kier molecular flexibility index (Phi) is 4.28. The van der Waals surface area contributed by atoms with Gasteiger partial charge in [-0.1, -0.05) is 6.07 Å². The Morgan fingerprint density at radius 1 is 1.18 bits per heavy atom. The molecule has 0 bridgehead atoms. The highest BCUT2D eigenvalue weighted by Gasteiger charge is 2.25. The van der Waals surface area contributed by atoms with E-state index in [0.29, 0.717) is 5.92 Å². The molecule has 0 radical (unpaired) electrons. The lowest BCUT2D eigenvalue weighted by Gasteiger charge is -2.23. The Labute approximate surface area is 135 Å². The van der Waals surface area contributed by atoms with Crippen LogP contribution in [0.4, 0.5) is 0 Å². The minimum Gasteiger partial charge on any atom is -0.381 e. The first-order chi connectivity index (χ1) is 10.9. The van der Waals surface area contributed by atoms with Crippen molar-refractivity contribution in [2.24, 2.45) is 11.8 Å². The van der Waals surface area contributed by atoms with Crippen LogP contribution >= 0.6 is 11.3 Å². The molecule has 0 saturated heterocycles. The molecule has 118 valence electrons. The molecule has 4 nitrogen and oxygen atoms in total. The number of nitrogens with zero attached hydrogens (tertiary/aromatic N) is 3. The topological polar surface area (TPSA) is 30.3 Å². The summed E-state index contributed by atoms with van der Waals surface area (Å²) in [6, 6.07) is 6.51. The van der Waals surface area contributed by atoms with Crippen LogP contribution in [0.2, 0.25) is 0 Å². The van der Waals surface area contributed by atoms with Crippen LogP contribution in [0.15, 0.2) is 29.8 Å². The summed E-state index contributed by atoms with van der Waals surface area (Å²) in [5.41, 5.74) is 1.32. The number of fused-ring (bicyclic) bond motifs is 1. The molecule has 4 rings (SSSR count). The zero-order valence-electron chi connectivity index (χ0n) is 12.9. The Morgan fingerprint density at radius 2 is 2.09 bits per heavy atom. The van der Waals surface area contributed by atoms with Crippen LogP contribution in [-0.2, 0) is 24.4 Å². The lowest BCUT2D eigenvalue weighted by Crippen LogP contribution is -2.30. The lowest BCUT2D eigenvalue weighted by molar-refractivity contribution is 0.0698. The highest BCUT2D eigenvalue weighted by atomic mass is 32.1. The van der Waals surface area contributed by atoms with Crippen LogP contribution in [-0.4, -0.2) is 34.4 Å². The van der Waals surface area contributed by atoms with Crippen molar-refractivity contribution in [3.05, 3.63) is 40.3 Å².